The zero-order chi connectivity index (χ0) is 48.5. The third-order valence-corrected chi connectivity index (χ3v) is 15.9. The van der Waals surface area contributed by atoms with E-state index in [4.69, 9.17) is 19.4 Å². The van der Waals surface area contributed by atoms with Crippen LogP contribution in [0.3, 0.4) is 0 Å². The van der Waals surface area contributed by atoms with E-state index in [2.05, 4.69) is 176 Å². The summed E-state index contributed by atoms with van der Waals surface area (Å²) < 4.78 is 6.57. The average Bonchev–Trinajstić information content (AvgIpc) is 4.11. The lowest BCUT2D eigenvalue weighted by atomic mass is 9.70. The van der Waals surface area contributed by atoms with Crippen molar-refractivity contribution in [3.8, 4) is 78.7 Å². The monoisotopic (exact) mass is 939 g/mol. The van der Waals surface area contributed by atoms with Crippen molar-refractivity contribution in [3.05, 3.63) is 271 Å². The van der Waals surface area contributed by atoms with Gasteiger partial charge >= 0.3 is 0 Å². The summed E-state index contributed by atoms with van der Waals surface area (Å²) in [6.45, 7) is 0. The molecule has 0 atom stereocenters. The predicted molar refractivity (Wildman–Crippen MR) is 303 cm³/mol. The van der Waals surface area contributed by atoms with Crippen molar-refractivity contribution in [2.24, 2.45) is 0 Å². The third-order valence-electron chi connectivity index (χ3n) is 15.9. The molecule has 0 unspecified atom stereocenters. The van der Waals surface area contributed by atoms with Gasteiger partial charge in [-0.05, 0) is 135 Å². The van der Waals surface area contributed by atoms with Crippen molar-refractivity contribution >= 4 is 54.3 Å². The molecule has 2 heterocycles. The van der Waals surface area contributed by atoms with Crippen molar-refractivity contribution < 1.29 is 4.42 Å². The molecule has 0 aliphatic heterocycles. The Morgan fingerprint density at radius 3 is 1.23 bits per heavy atom. The van der Waals surface area contributed by atoms with E-state index in [9.17, 15) is 0 Å². The highest BCUT2D eigenvalue weighted by Crippen LogP contribution is 2.63. The van der Waals surface area contributed by atoms with Gasteiger partial charge in [0.15, 0.2) is 17.5 Å². The van der Waals surface area contributed by atoms with Crippen LogP contribution in [-0.2, 0) is 5.41 Å². The second-order valence-electron chi connectivity index (χ2n) is 19.7. The third kappa shape index (κ3) is 5.82. The summed E-state index contributed by atoms with van der Waals surface area (Å²) in [7, 11) is 0. The minimum atomic E-state index is -0.392. The minimum Gasteiger partial charge on any atom is -0.456 e. The second-order valence-corrected chi connectivity index (χ2v) is 19.7. The summed E-state index contributed by atoms with van der Waals surface area (Å²) in [5.41, 5.74) is 19.3. The molecule has 0 N–H and O–H groups in total. The SMILES string of the molecule is c1ccc(-c2nc(-c3ccccc3)nc(-c3cccc4oc5ccc(-c6ccc7c8ccc(-c9ccc%10c(c9)C9(c%11ccccc%11-c%11ccccc%119)c9ccccc9-%10)cc8c8ccccc8c7c6)cc5c34)n2)cc1. The second kappa shape index (κ2) is 15.6. The van der Waals surface area contributed by atoms with Crippen molar-refractivity contribution in [3.63, 3.8) is 0 Å². The smallest absolute Gasteiger partial charge is 0.164 e. The van der Waals surface area contributed by atoms with Gasteiger partial charge in [0.2, 0.25) is 0 Å². The van der Waals surface area contributed by atoms with Crippen LogP contribution in [0.1, 0.15) is 22.3 Å². The molecule has 0 radical (unpaired) electrons. The van der Waals surface area contributed by atoms with Crippen LogP contribution >= 0.6 is 0 Å². The number of hydrogen-bond acceptors (Lipinski definition) is 4. The standard InChI is InChI=1S/C70H41N3O/c1-3-16-42(17-4-1)67-71-68(43-18-5-2-6-19-43)73-69(72-67)56-25-15-29-65-66(56)59-40-46(33-37-64(59)74-65)44-30-34-50-51-35-31-45(39-58(51)49-21-8-7-20-48(49)57(50)38-44)47-32-36-55-54-24-11-14-28-62(54)70(63(55)41-47)60-26-12-9-22-52(60)53-23-10-13-27-61(53)70/h1-41H. The van der Waals surface area contributed by atoms with Crippen molar-refractivity contribution in [2.45, 2.75) is 5.41 Å². The number of hydrogen-bond donors (Lipinski definition) is 0. The fourth-order valence-electron chi connectivity index (χ4n) is 12.7. The lowest BCUT2D eigenvalue weighted by molar-refractivity contribution is 0.669. The molecule has 16 rings (SSSR count). The summed E-state index contributed by atoms with van der Waals surface area (Å²) >= 11 is 0. The molecule has 0 saturated heterocycles. The number of furan rings is 1. The van der Waals surface area contributed by atoms with Crippen LogP contribution in [0.15, 0.2) is 253 Å². The van der Waals surface area contributed by atoms with E-state index in [0.29, 0.717) is 17.5 Å². The van der Waals surface area contributed by atoms with Gasteiger partial charge in [-0.15, -0.1) is 0 Å². The van der Waals surface area contributed by atoms with Crippen molar-refractivity contribution in [1.82, 2.24) is 15.0 Å². The van der Waals surface area contributed by atoms with E-state index in [1.54, 1.807) is 0 Å². The molecule has 4 heteroatoms. The molecule has 0 amide bonds. The summed E-state index contributed by atoms with van der Waals surface area (Å²) in [6, 6.07) is 90.1. The van der Waals surface area contributed by atoms with Gasteiger partial charge < -0.3 is 4.42 Å². The Hall–Kier alpha value is -9.77. The summed E-state index contributed by atoms with van der Waals surface area (Å²) in [4.78, 5) is 15.2. The van der Waals surface area contributed by atoms with E-state index < -0.39 is 5.41 Å². The van der Waals surface area contributed by atoms with Crippen LogP contribution in [0.2, 0.25) is 0 Å². The molecule has 12 aromatic carbocycles. The van der Waals surface area contributed by atoms with Gasteiger partial charge in [-0.3, -0.25) is 0 Å². The lowest BCUT2D eigenvalue weighted by Crippen LogP contribution is -2.25. The first-order valence-electron chi connectivity index (χ1n) is 25.3. The van der Waals surface area contributed by atoms with Crippen LogP contribution in [0.25, 0.3) is 133 Å². The molecular weight excluding hydrogens is 899 g/mol. The summed E-state index contributed by atoms with van der Waals surface area (Å²) in [6.07, 6.45) is 0. The van der Waals surface area contributed by atoms with E-state index in [-0.39, 0.29) is 0 Å². The number of fused-ring (bicyclic) bond motifs is 19. The van der Waals surface area contributed by atoms with Gasteiger partial charge in [0.25, 0.3) is 0 Å². The molecule has 4 nitrogen and oxygen atoms in total. The Labute approximate surface area is 426 Å². The van der Waals surface area contributed by atoms with Gasteiger partial charge in [0, 0.05) is 27.5 Å². The zero-order valence-electron chi connectivity index (χ0n) is 39.9. The molecule has 1 spiro atoms. The van der Waals surface area contributed by atoms with Crippen molar-refractivity contribution in [1.29, 1.82) is 0 Å². The molecule has 0 fully saturated rings. The minimum absolute atomic E-state index is 0.392. The molecule has 0 saturated carbocycles. The highest BCUT2D eigenvalue weighted by atomic mass is 16.3. The fraction of sp³-hybridized carbons (Fsp3) is 0.0143. The Morgan fingerprint density at radius 2 is 0.662 bits per heavy atom. The average molecular weight is 940 g/mol. The first-order chi connectivity index (χ1) is 36.7. The van der Waals surface area contributed by atoms with Gasteiger partial charge in [-0.1, -0.05) is 212 Å². The molecule has 0 bridgehead atoms. The van der Waals surface area contributed by atoms with E-state index in [0.717, 1.165) is 49.8 Å². The topological polar surface area (TPSA) is 51.8 Å². The fourth-order valence-corrected chi connectivity index (χ4v) is 12.7. The van der Waals surface area contributed by atoms with Gasteiger partial charge in [0.1, 0.15) is 11.2 Å². The van der Waals surface area contributed by atoms with Crippen LogP contribution < -0.4 is 0 Å². The molecule has 74 heavy (non-hydrogen) atoms. The quantitative estimate of drug-likeness (QED) is 0.161. The first kappa shape index (κ1) is 40.9. The highest BCUT2D eigenvalue weighted by Gasteiger charge is 2.51. The molecule has 2 aromatic heterocycles. The lowest BCUT2D eigenvalue weighted by Gasteiger charge is -2.30. The summed E-state index contributed by atoms with van der Waals surface area (Å²) in [5, 5.41) is 9.38. The number of rotatable bonds is 5. The number of nitrogens with zero attached hydrogens (tertiary/aromatic N) is 3. The number of aromatic nitrogens is 3. The Bertz CT molecular complexity index is 4530. The Morgan fingerprint density at radius 1 is 0.243 bits per heavy atom. The predicted octanol–water partition coefficient (Wildman–Crippen LogP) is 17.9. The van der Waals surface area contributed by atoms with Gasteiger partial charge in [0.05, 0.1) is 5.41 Å². The molecule has 2 aliphatic carbocycles. The normalized spacial score (nSPS) is 13.0. The molecule has 14 aromatic rings. The van der Waals surface area contributed by atoms with Gasteiger partial charge in [-0.25, -0.2) is 15.0 Å². The van der Waals surface area contributed by atoms with E-state index in [1.807, 2.05) is 72.8 Å². The van der Waals surface area contributed by atoms with Crippen LogP contribution in [0.5, 0.6) is 0 Å². The maximum Gasteiger partial charge on any atom is 0.164 e. The van der Waals surface area contributed by atoms with Crippen LogP contribution in [-0.4, -0.2) is 15.0 Å². The highest BCUT2D eigenvalue weighted by molar-refractivity contribution is 6.26. The van der Waals surface area contributed by atoms with E-state index in [1.165, 1.54) is 88.0 Å². The van der Waals surface area contributed by atoms with Crippen LogP contribution in [0, 0.1) is 0 Å². The molecular formula is C70H41N3O. The van der Waals surface area contributed by atoms with E-state index >= 15 is 0 Å². The first-order valence-corrected chi connectivity index (χ1v) is 25.3. The Balaban J connectivity index is 0.828. The molecule has 2 aliphatic rings. The Kier molecular flexibility index (Phi) is 8.63. The van der Waals surface area contributed by atoms with Crippen molar-refractivity contribution in [2.75, 3.05) is 0 Å². The zero-order valence-corrected chi connectivity index (χ0v) is 39.9. The largest absolute Gasteiger partial charge is 0.456 e. The van der Waals surface area contributed by atoms with Crippen LogP contribution in [0.4, 0.5) is 0 Å². The van der Waals surface area contributed by atoms with Gasteiger partial charge in [-0.2, -0.15) is 0 Å². The maximum absolute atomic E-state index is 6.57. The summed E-state index contributed by atoms with van der Waals surface area (Å²) in [5.74, 6) is 1.84. The number of benzene rings is 12. The molecule has 342 valence electrons. The maximum atomic E-state index is 6.57.